The molecule has 0 aromatic heterocycles. The average molecular weight is 431 g/mol. The van der Waals surface area contributed by atoms with E-state index in [0.29, 0.717) is 35.6 Å². The summed E-state index contributed by atoms with van der Waals surface area (Å²) in [6, 6.07) is 20.2. The summed E-state index contributed by atoms with van der Waals surface area (Å²) < 4.78 is 15.8. The van der Waals surface area contributed by atoms with Crippen molar-refractivity contribution in [3.63, 3.8) is 0 Å². The van der Waals surface area contributed by atoms with Gasteiger partial charge in [0.25, 0.3) is 5.91 Å². The number of carbonyl (C=O) groups excluding carboxylic acids is 2. The number of esters is 1. The number of amides is 1. The van der Waals surface area contributed by atoms with Crippen LogP contribution in [0.25, 0.3) is 0 Å². The molecule has 1 aliphatic rings. The van der Waals surface area contributed by atoms with Crippen molar-refractivity contribution in [2.24, 2.45) is 0 Å². The maximum absolute atomic E-state index is 13.6. The third-order valence-electron chi connectivity index (χ3n) is 5.80. The Bertz CT molecular complexity index is 1120. The molecule has 3 aromatic rings. The minimum absolute atomic E-state index is 0.101. The number of ether oxygens (including phenoxy) is 3. The fraction of sp³-hybridized carbons (Fsp3) is 0.231. The number of hydrogen-bond donors (Lipinski definition) is 0. The van der Waals surface area contributed by atoms with Crippen LogP contribution in [0.3, 0.4) is 0 Å². The molecule has 164 valence electrons. The number of methoxy groups -OCH3 is 3. The van der Waals surface area contributed by atoms with Crippen LogP contribution >= 0.6 is 0 Å². The molecule has 1 heterocycles. The molecule has 0 unspecified atom stereocenters. The Kier molecular flexibility index (Phi) is 6.12. The summed E-state index contributed by atoms with van der Waals surface area (Å²) in [5, 5.41) is 0. The molecular formula is C26H25NO5. The zero-order chi connectivity index (χ0) is 22.7. The van der Waals surface area contributed by atoms with Crippen molar-refractivity contribution in [2.45, 2.75) is 12.5 Å². The molecule has 0 N–H and O–H groups in total. The van der Waals surface area contributed by atoms with E-state index in [0.717, 1.165) is 16.7 Å². The van der Waals surface area contributed by atoms with Gasteiger partial charge in [-0.15, -0.1) is 0 Å². The topological polar surface area (TPSA) is 65.1 Å². The first kappa shape index (κ1) is 21.4. The lowest BCUT2D eigenvalue weighted by molar-refractivity contribution is 0.0599. The Morgan fingerprint density at radius 2 is 1.47 bits per heavy atom. The van der Waals surface area contributed by atoms with E-state index in [4.69, 9.17) is 14.2 Å². The first-order valence-electron chi connectivity index (χ1n) is 10.4. The summed E-state index contributed by atoms with van der Waals surface area (Å²) in [7, 11) is 4.56. The quantitative estimate of drug-likeness (QED) is 0.564. The summed E-state index contributed by atoms with van der Waals surface area (Å²) >= 11 is 0. The summed E-state index contributed by atoms with van der Waals surface area (Å²) in [5.74, 6) is 0.773. The predicted octanol–water partition coefficient (Wildman–Crippen LogP) is 4.28. The van der Waals surface area contributed by atoms with Crippen LogP contribution in [0.2, 0.25) is 0 Å². The van der Waals surface area contributed by atoms with E-state index in [-0.39, 0.29) is 11.9 Å². The molecule has 0 bridgehead atoms. The standard InChI is InChI=1S/C26H25NO5/c1-30-22-15-20-13-14-27(25(28)18-9-11-19(12-10-18)26(29)32-3)24(17-7-5-4-6-8-17)21(20)16-23(22)31-2/h4-12,15-16,24H,13-14H2,1-3H3/t24-/m1/s1. The molecule has 6 nitrogen and oxygen atoms in total. The molecule has 0 saturated heterocycles. The fourth-order valence-corrected chi connectivity index (χ4v) is 4.19. The van der Waals surface area contributed by atoms with Gasteiger partial charge in [0.05, 0.1) is 32.9 Å². The largest absolute Gasteiger partial charge is 0.493 e. The molecule has 0 saturated carbocycles. The van der Waals surface area contributed by atoms with E-state index in [1.807, 2.05) is 47.4 Å². The molecular weight excluding hydrogens is 406 g/mol. The van der Waals surface area contributed by atoms with Crippen LogP contribution in [0.5, 0.6) is 11.5 Å². The smallest absolute Gasteiger partial charge is 0.337 e. The Labute approximate surface area is 187 Å². The molecule has 0 aliphatic carbocycles. The summed E-state index contributed by atoms with van der Waals surface area (Å²) in [6.07, 6.45) is 0.699. The van der Waals surface area contributed by atoms with Gasteiger partial charge < -0.3 is 19.1 Å². The molecule has 1 aliphatic heterocycles. The molecule has 0 radical (unpaired) electrons. The van der Waals surface area contributed by atoms with Gasteiger partial charge in [0, 0.05) is 12.1 Å². The molecule has 1 atom stereocenters. The zero-order valence-electron chi connectivity index (χ0n) is 18.3. The zero-order valence-corrected chi connectivity index (χ0v) is 18.3. The van der Waals surface area contributed by atoms with Crippen molar-refractivity contribution < 1.29 is 23.8 Å². The van der Waals surface area contributed by atoms with Crippen molar-refractivity contribution in [3.05, 3.63) is 94.5 Å². The molecule has 6 heteroatoms. The first-order chi connectivity index (χ1) is 15.6. The Morgan fingerprint density at radius 3 is 2.09 bits per heavy atom. The molecule has 3 aromatic carbocycles. The van der Waals surface area contributed by atoms with E-state index < -0.39 is 5.97 Å². The minimum Gasteiger partial charge on any atom is -0.493 e. The summed E-state index contributed by atoms with van der Waals surface area (Å²) in [6.45, 7) is 0.555. The van der Waals surface area contributed by atoms with Crippen LogP contribution in [-0.2, 0) is 11.2 Å². The highest BCUT2D eigenvalue weighted by atomic mass is 16.5. The predicted molar refractivity (Wildman–Crippen MR) is 120 cm³/mol. The Morgan fingerprint density at radius 1 is 0.844 bits per heavy atom. The monoisotopic (exact) mass is 431 g/mol. The normalized spacial score (nSPS) is 15.0. The van der Waals surface area contributed by atoms with E-state index in [1.54, 1.807) is 38.5 Å². The summed E-state index contributed by atoms with van der Waals surface area (Å²) in [4.78, 5) is 27.2. The third kappa shape index (κ3) is 3.91. The Hall–Kier alpha value is -3.80. The highest BCUT2D eigenvalue weighted by Gasteiger charge is 2.33. The number of carbonyl (C=O) groups is 2. The number of hydrogen-bond acceptors (Lipinski definition) is 5. The van der Waals surface area contributed by atoms with Crippen LogP contribution in [-0.4, -0.2) is 44.7 Å². The molecule has 32 heavy (non-hydrogen) atoms. The second-order valence-corrected chi connectivity index (χ2v) is 7.54. The minimum atomic E-state index is -0.431. The van der Waals surface area contributed by atoms with Gasteiger partial charge in [-0.25, -0.2) is 4.79 Å². The number of nitrogens with zero attached hydrogens (tertiary/aromatic N) is 1. The molecule has 0 spiro atoms. The van der Waals surface area contributed by atoms with Gasteiger partial charge in [-0.2, -0.15) is 0 Å². The summed E-state index contributed by atoms with van der Waals surface area (Å²) in [5.41, 5.74) is 4.08. The Balaban J connectivity index is 1.77. The van der Waals surface area contributed by atoms with Crippen molar-refractivity contribution >= 4 is 11.9 Å². The van der Waals surface area contributed by atoms with E-state index in [9.17, 15) is 9.59 Å². The van der Waals surface area contributed by atoms with Crippen LogP contribution in [0, 0.1) is 0 Å². The van der Waals surface area contributed by atoms with Crippen molar-refractivity contribution in [2.75, 3.05) is 27.9 Å². The van der Waals surface area contributed by atoms with Gasteiger partial charge in [-0.3, -0.25) is 4.79 Å². The molecule has 4 rings (SSSR count). The van der Waals surface area contributed by atoms with Gasteiger partial charge in [-0.05, 0) is 59.5 Å². The first-order valence-corrected chi connectivity index (χ1v) is 10.4. The van der Waals surface area contributed by atoms with Crippen molar-refractivity contribution in [1.29, 1.82) is 0 Å². The van der Waals surface area contributed by atoms with Gasteiger partial charge in [-0.1, -0.05) is 30.3 Å². The van der Waals surface area contributed by atoms with Gasteiger partial charge in [0.15, 0.2) is 11.5 Å². The molecule has 0 fully saturated rings. The second-order valence-electron chi connectivity index (χ2n) is 7.54. The van der Waals surface area contributed by atoms with E-state index in [2.05, 4.69) is 0 Å². The van der Waals surface area contributed by atoms with Crippen LogP contribution < -0.4 is 9.47 Å². The lowest BCUT2D eigenvalue weighted by Gasteiger charge is -2.38. The highest BCUT2D eigenvalue weighted by Crippen LogP contribution is 2.41. The van der Waals surface area contributed by atoms with Gasteiger partial charge in [0.2, 0.25) is 0 Å². The van der Waals surface area contributed by atoms with Crippen molar-refractivity contribution in [1.82, 2.24) is 4.90 Å². The highest BCUT2D eigenvalue weighted by molar-refractivity contribution is 5.96. The fourth-order valence-electron chi connectivity index (χ4n) is 4.19. The third-order valence-corrected chi connectivity index (χ3v) is 5.80. The van der Waals surface area contributed by atoms with Crippen LogP contribution in [0.15, 0.2) is 66.7 Å². The second kappa shape index (κ2) is 9.14. The van der Waals surface area contributed by atoms with E-state index in [1.165, 1.54) is 7.11 Å². The van der Waals surface area contributed by atoms with Crippen LogP contribution in [0.4, 0.5) is 0 Å². The number of rotatable bonds is 5. The van der Waals surface area contributed by atoms with Crippen molar-refractivity contribution in [3.8, 4) is 11.5 Å². The van der Waals surface area contributed by atoms with Crippen LogP contribution in [0.1, 0.15) is 43.4 Å². The SMILES string of the molecule is COC(=O)c1ccc(C(=O)N2CCc3cc(OC)c(OC)cc3[C@H]2c2ccccc2)cc1. The lowest BCUT2D eigenvalue weighted by atomic mass is 9.87. The van der Waals surface area contributed by atoms with Gasteiger partial charge in [0.1, 0.15) is 0 Å². The maximum Gasteiger partial charge on any atom is 0.337 e. The number of fused-ring (bicyclic) bond motifs is 1. The lowest BCUT2D eigenvalue weighted by Crippen LogP contribution is -2.40. The van der Waals surface area contributed by atoms with E-state index >= 15 is 0 Å². The number of benzene rings is 3. The maximum atomic E-state index is 13.6. The average Bonchev–Trinajstić information content (AvgIpc) is 2.86. The molecule has 1 amide bonds. The van der Waals surface area contributed by atoms with Gasteiger partial charge >= 0.3 is 5.97 Å².